The number of hydrogen-bond acceptors (Lipinski definition) is 2. The predicted molar refractivity (Wildman–Crippen MR) is 76.7 cm³/mol. The van der Waals surface area contributed by atoms with Crippen LogP contribution in [-0.2, 0) is 17.6 Å². The Morgan fingerprint density at radius 2 is 1.78 bits per heavy atom. The summed E-state index contributed by atoms with van der Waals surface area (Å²) in [7, 11) is 0. The first-order chi connectivity index (χ1) is 8.76. The van der Waals surface area contributed by atoms with Crippen LogP contribution in [0.2, 0.25) is 0 Å². The first kappa shape index (κ1) is 14.9. The van der Waals surface area contributed by atoms with Gasteiger partial charge in [0.25, 0.3) is 0 Å². The fourth-order valence-corrected chi connectivity index (χ4v) is 2.07. The Kier molecular flexibility index (Phi) is 7.35. The van der Waals surface area contributed by atoms with E-state index in [1.807, 2.05) is 6.92 Å². The minimum absolute atomic E-state index is 0.381. The molecule has 0 bridgehead atoms. The molecule has 0 saturated carbocycles. The molecule has 0 saturated heterocycles. The summed E-state index contributed by atoms with van der Waals surface area (Å²) in [5.41, 5.74) is 8.28. The van der Waals surface area contributed by atoms with E-state index >= 15 is 0 Å². The average Bonchev–Trinajstić information content (AvgIpc) is 2.41. The fourth-order valence-electron chi connectivity index (χ4n) is 2.07. The fraction of sp³-hybridized carbons (Fsp3) is 0.562. The topological polar surface area (TPSA) is 43.1 Å². The Morgan fingerprint density at radius 1 is 1.11 bits per heavy atom. The lowest BCUT2D eigenvalue weighted by molar-refractivity contribution is -0.118. The monoisotopic (exact) mass is 247 g/mol. The molecule has 100 valence electrons. The maximum Gasteiger partial charge on any atom is 0.132 e. The molecule has 0 spiro atoms. The van der Waals surface area contributed by atoms with Crippen molar-refractivity contribution in [3.05, 3.63) is 35.4 Å². The quantitative estimate of drug-likeness (QED) is 0.681. The van der Waals surface area contributed by atoms with Gasteiger partial charge in [0.1, 0.15) is 5.78 Å². The van der Waals surface area contributed by atoms with Gasteiger partial charge in [-0.1, -0.05) is 31.2 Å². The summed E-state index contributed by atoms with van der Waals surface area (Å²) in [4.78, 5) is 11.2. The molecule has 1 aromatic rings. The van der Waals surface area contributed by atoms with Crippen LogP contribution >= 0.6 is 0 Å². The van der Waals surface area contributed by atoms with Gasteiger partial charge in [-0.2, -0.15) is 0 Å². The highest BCUT2D eigenvalue weighted by Gasteiger charge is 2.00. The summed E-state index contributed by atoms with van der Waals surface area (Å²) in [5.74, 6) is 0.381. The molecule has 2 nitrogen and oxygen atoms in total. The van der Waals surface area contributed by atoms with Crippen molar-refractivity contribution in [1.82, 2.24) is 0 Å². The Labute approximate surface area is 111 Å². The lowest BCUT2D eigenvalue weighted by Gasteiger charge is -2.05. The summed E-state index contributed by atoms with van der Waals surface area (Å²) in [6.07, 6.45) is 6.73. The number of ketones is 1. The third-order valence-electron chi connectivity index (χ3n) is 3.23. The molecule has 0 radical (unpaired) electrons. The third kappa shape index (κ3) is 5.97. The van der Waals surface area contributed by atoms with Crippen LogP contribution in [0, 0.1) is 0 Å². The first-order valence-corrected chi connectivity index (χ1v) is 7.06. The summed E-state index contributed by atoms with van der Waals surface area (Å²) in [5, 5.41) is 0. The van der Waals surface area contributed by atoms with Gasteiger partial charge < -0.3 is 5.73 Å². The summed E-state index contributed by atoms with van der Waals surface area (Å²) in [6.45, 7) is 2.69. The van der Waals surface area contributed by atoms with E-state index in [1.165, 1.54) is 11.1 Å². The largest absolute Gasteiger partial charge is 0.330 e. The number of unbranched alkanes of at least 4 members (excludes halogenated alkanes) is 1. The number of carbonyl (C=O) groups excluding carboxylic acids is 1. The highest BCUT2D eigenvalue weighted by Crippen LogP contribution is 2.11. The van der Waals surface area contributed by atoms with E-state index in [0.717, 1.165) is 45.1 Å². The van der Waals surface area contributed by atoms with Crippen molar-refractivity contribution >= 4 is 5.78 Å². The van der Waals surface area contributed by atoms with Crippen LogP contribution in [0.5, 0.6) is 0 Å². The molecule has 0 amide bonds. The zero-order chi connectivity index (χ0) is 13.2. The molecule has 18 heavy (non-hydrogen) atoms. The highest BCUT2D eigenvalue weighted by atomic mass is 16.1. The summed E-state index contributed by atoms with van der Waals surface area (Å²) in [6, 6.07) is 8.74. The van der Waals surface area contributed by atoms with Crippen molar-refractivity contribution in [2.45, 2.75) is 51.9 Å². The molecule has 1 aromatic carbocycles. The van der Waals surface area contributed by atoms with E-state index in [1.54, 1.807) is 0 Å². The summed E-state index contributed by atoms with van der Waals surface area (Å²) < 4.78 is 0. The number of nitrogens with two attached hydrogens (primary N) is 1. The van der Waals surface area contributed by atoms with Crippen molar-refractivity contribution in [1.29, 1.82) is 0 Å². The Balaban J connectivity index is 2.31. The Morgan fingerprint density at radius 3 is 2.39 bits per heavy atom. The summed E-state index contributed by atoms with van der Waals surface area (Å²) >= 11 is 0. The molecule has 0 aromatic heterocycles. The number of aryl methyl sites for hydroxylation is 2. The van der Waals surface area contributed by atoms with Gasteiger partial charge in [0.15, 0.2) is 0 Å². The lowest BCUT2D eigenvalue weighted by Crippen LogP contribution is -2.00. The van der Waals surface area contributed by atoms with E-state index in [-0.39, 0.29) is 0 Å². The number of carbonyl (C=O) groups is 1. The SMILES string of the molecule is CCC(=O)CCCCc1cccc(CCCN)c1. The number of benzene rings is 1. The molecule has 2 heteroatoms. The minimum atomic E-state index is 0.381. The minimum Gasteiger partial charge on any atom is -0.330 e. The van der Waals surface area contributed by atoms with Crippen molar-refractivity contribution in [2.24, 2.45) is 5.73 Å². The maximum atomic E-state index is 11.2. The van der Waals surface area contributed by atoms with Crippen LogP contribution in [0.3, 0.4) is 0 Å². The standard InChI is InChI=1S/C16H25NO/c1-2-16(18)11-4-3-7-14-8-5-9-15(13-14)10-6-12-17/h5,8-9,13H,2-4,6-7,10-12,17H2,1H3. The van der Waals surface area contributed by atoms with Crippen LogP contribution in [0.15, 0.2) is 24.3 Å². The van der Waals surface area contributed by atoms with Crippen LogP contribution in [0.1, 0.15) is 50.2 Å². The molecule has 2 N–H and O–H groups in total. The molecule has 0 unspecified atom stereocenters. The second kappa shape index (κ2) is 8.87. The Bertz CT molecular complexity index is 360. The van der Waals surface area contributed by atoms with E-state index in [4.69, 9.17) is 5.73 Å². The van der Waals surface area contributed by atoms with Gasteiger partial charge in [-0.25, -0.2) is 0 Å². The molecule has 0 fully saturated rings. The number of hydrogen-bond donors (Lipinski definition) is 1. The van der Waals surface area contributed by atoms with Gasteiger partial charge in [-0.3, -0.25) is 4.79 Å². The Hall–Kier alpha value is -1.15. The van der Waals surface area contributed by atoms with Crippen molar-refractivity contribution < 1.29 is 4.79 Å². The van der Waals surface area contributed by atoms with Gasteiger partial charge in [-0.05, 0) is 49.8 Å². The molecule has 1 rings (SSSR count). The molecular weight excluding hydrogens is 222 g/mol. The van der Waals surface area contributed by atoms with Crippen molar-refractivity contribution in [3.63, 3.8) is 0 Å². The normalized spacial score (nSPS) is 10.6. The van der Waals surface area contributed by atoms with E-state index in [9.17, 15) is 4.79 Å². The van der Waals surface area contributed by atoms with Crippen LogP contribution in [0.25, 0.3) is 0 Å². The molecule has 0 heterocycles. The maximum absolute atomic E-state index is 11.2. The third-order valence-corrected chi connectivity index (χ3v) is 3.23. The van der Waals surface area contributed by atoms with E-state index in [2.05, 4.69) is 24.3 Å². The molecule has 0 atom stereocenters. The van der Waals surface area contributed by atoms with E-state index < -0.39 is 0 Å². The highest BCUT2D eigenvalue weighted by molar-refractivity contribution is 5.77. The lowest BCUT2D eigenvalue weighted by atomic mass is 10.0. The average molecular weight is 247 g/mol. The second-order valence-electron chi connectivity index (χ2n) is 4.81. The number of rotatable bonds is 9. The van der Waals surface area contributed by atoms with E-state index in [0.29, 0.717) is 12.2 Å². The second-order valence-corrected chi connectivity index (χ2v) is 4.81. The zero-order valence-corrected chi connectivity index (χ0v) is 11.5. The smallest absolute Gasteiger partial charge is 0.132 e. The van der Waals surface area contributed by atoms with Gasteiger partial charge in [0.2, 0.25) is 0 Å². The van der Waals surface area contributed by atoms with Gasteiger partial charge >= 0.3 is 0 Å². The van der Waals surface area contributed by atoms with Crippen LogP contribution in [0.4, 0.5) is 0 Å². The first-order valence-electron chi connectivity index (χ1n) is 7.06. The molecular formula is C16H25NO. The molecule has 0 aliphatic heterocycles. The zero-order valence-electron chi connectivity index (χ0n) is 11.5. The molecule has 0 aliphatic carbocycles. The van der Waals surface area contributed by atoms with Crippen LogP contribution in [-0.4, -0.2) is 12.3 Å². The number of Topliss-reactive ketones (excluding diaryl/α,β-unsaturated/α-hetero) is 1. The van der Waals surface area contributed by atoms with Crippen molar-refractivity contribution in [2.75, 3.05) is 6.54 Å². The van der Waals surface area contributed by atoms with Gasteiger partial charge in [0, 0.05) is 12.8 Å². The van der Waals surface area contributed by atoms with Crippen LogP contribution < -0.4 is 5.73 Å². The van der Waals surface area contributed by atoms with Gasteiger partial charge in [-0.15, -0.1) is 0 Å². The van der Waals surface area contributed by atoms with Gasteiger partial charge in [0.05, 0.1) is 0 Å². The molecule has 0 aliphatic rings. The van der Waals surface area contributed by atoms with Crippen molar-refractivity contribution in [3.8, 4) is 0 Å². The predicted octanol–water partition coefficient (Wildman–Crippen LogP) is 3.27.